The van der Waals surface area contributed by atoms with Crippen molar-refractivity contribution in [1.82, 2.24) is 0 Å². The molecule has 0 aromatic carbocycles. The molecule has 1 aromatic rings. The molecule has 0 fully saturated rings. The van der Waals surface area contributed by atoms with Crippen molar-refractivity contribution in [3.05, 3.63) is 21.4 Å². The highest BCUT2D eigenvalue weighted by Crippen LogP contribution is 2.21. The van der Waals surface area contributed by atoms with Gasteiger partial charge in [-0.15, -0.1) is 11.3 Å². The third-order valence-corrected chi connectivity index (χ3v) is 2.75. The molecule has 0 aliphatic heterocycles. The van der Waals surface area contributed by atoms with Crippen molar-refractivity contribution in [3.63, 3.8) is 0 Å². The van der Waals surface area contributed by atoms with Crippen molar-refractivity contribution in [2.45, 2.75) is 26.7 Å². The van der Waals surface area contributed by atoms with E-state index >= 15 is 0 Å². The molecule has 66 valence electrons. The highest BCUT2D eigenvalue weighted by atomic mass is 32.1. The fourth-order valence-corrected chi connectivity index (χ4v) is 2.14. The highest BCUT2D eigenvalue weighted by molar-refractivity contribution is 7.12. The van der Waals surface area contributed by atoms with Crippen LogP contribution in [0.25, 0.3) is 0 Å². The zero-order valence-electron chi connectivity index (χ0n) is 7.22. The summed E-state index contributed by atoms with van der Waals surface area (Å²) in [5, 5.41) is 10.2. The summed E-state index contributed by atoms with van der Waals surface area (Å²) < 4.78 is 0. The van der Waals surface area contributed by atoms with E-state index in [2.05, 4.69) is 0 Å². The number of carboxylic acid groups (broad SMARTS) is 1. The first kappa shape index (κ1) is 9.26. The summed E-state index contributed by atoms with van der Waals surface area (Å²) in [4.78, 5) is 12.6. The van der Waals surface area contributed by atoms with Gasteiger partial charge in [-0.3, -0.25) is 0 Å². The van der Waals surface area contributed by atoms with Gasteiger partial charge in [-0.05, 0) is 38.3 Å². The molecule has 3 heteroatoms. The van der Waals surface area contributed by atoms with E-state index < -0.39 is 5.97 Å². The average Bonchev–Trinajstić information content (AvgIpc) is 2.26. The van der Waals surface area contributed by atoms with E-state index in [0.717, 1.165) is 5.56 Å². The van der Waals surface area contributed by atoms with E-state index in [1.54, 1.807) is 11.3 Å². The van der Waals surface area contributed by atoms with Crippen LogP contribution in [-0.2, 0) is 11.2 Å². The summed E-state index contributed by atoms with van der Waals surface area (Å²) in [5.74, 6) is -0.974. The molecule has 12 heavy (non-hydrogen) atoms. The lowest BCUT2D eigenvalue weighted by Gasteiger charge is -2.00. The molecule has 0 spiro atoms. The maximum atomic E-state index is 10.2. The van der Waals surface area contributed by atoms with Crippen molar-refractivity contribution >= 4 is 17.3 Å². The van der Waals surface area contributed by atoms with Gasteiger partial charge in [0.1, 0.15) is 0 Å². The van der Waals surface area contributed by atoms with Crippen LogP contribution in [0.5, 0.6) is 0 Å². The summed E-state index contributed by atoms with van der Waals surface area (Å²) in [7, 11) is 0. The average molecular weight is 183 g/mol. The van der Waals surface area contributed by atoms with E-state index in [0.29, 0.717) is 6.42 Å². The summed E-state index contributed by atoms with van der Waals surface area (Å²) in [6.07, 6.45) is 0.718. The molecule has 2 nitrogen and oxygen atoms in total. The Hall–Kier alpha value is -0.830. The number of aryl methyl sites for hydroxylation is 3. The topological polar surface area (TPSA) is 40.1 Å². The van der Waals surface area contributed by atoms with Crippen LogP contribution >= 0.6 is 11.3 Å². The monoisotopic (exact) mass is 183 g/mol. The molecule has 0 radical (unpaired) electrons. The molecule has 0 aliphatic rings. The summed E-state index contributed by atoms with van der Waals surface area (Å²) >= 11 is 1.71. The van der Waals surface area contributed by atoms with Gasteiger partial charge in [-0.1, -0.05) is 0 Å². The largest absolute Gasteiger partial charge is 0.550 e. The van der Waals surface area contributed by atoms with Gasteiger partial charge in [0.25, 0.3) is 0 Å². The van der Waals surface area contributed by atoms with E-state index in [4.69, 9.17) is 0 Å². The molecule has 0 N–H and O–H groups in total. The van der Waals surface area contributed by atoms with Crippen LogP contribution in [0.3, 0.4) is 0 Å². The van der Waals surface area contributed by atoms with Crippen LogP contribution in [0, 0.1) is 13.8 Å². The molecule has 0 atom stereocenters. The van der Waals surface area contributed by atoms with Crippen molar-refractivity contribution in [2.24, 2.45) is 0 Å². The Kier molecular flexibility index (Phi) is 2.87. The van der Waals surface area contributed by atoms with Gasteiger partial charge < -0.3 is 9.90 Å². The number of carbonyl (C=O) groups excluding carboxylic acids is 1. The van der Waals surface area contributed by atoms with Gasteiger partial charge in [0.2, 0.25) is 0 Å². The molecule has 0 saturated heterocycles. The van der Waals surface area contributed by atoms with Crippen molar-refractivity contribution in [1.29, 1.82) is 0 Å². The third-order valence-electron chi connectivity index (χ3n) is 1.74. The SMILES string of the molecule is Cc1cc(CCC(=O)[O-])c(C)s1. The molecule has 0 bridgehead atoms. The lowest BCUT2D eigenvalue weighted by molar-refractivity contribution is -0.305. The molecule has 0 saturated carbocycles. The first-order valence-electron chi connectivity index (χ1n) is 3.85. The predicted octanol–water partition coefficient (Wildman–Crippen LogP) is 1.05. The Bertz CT molecular complexity index is 289. The lowest BCUT2D eigenvalue weighted by atomic mass is 10.1. The maximum Gasteiger partial charge on any atom is 0.0417 e. The minimum absolute atomic E-state index is 0.122. The second kappa shape index (κ2) is 3.72. The Morgan fingerprint density at radius 1 is 1.58 bits per heavy atom. The van der Waals surface area contributed by atoms with Gasteiger partial charge in [0.15, 0.2) is 0 Å². The minimum Gasteiger partial charge on any atom is -0.550 e. The van der Waals surface area contributed by atoms with Crippen LogP contribution in [0.4, 0.5) is 0 Å². The number of hydrogen-bond acceptors (Lipinski definition) is 3. The fourth-order valence-electron chi connectivity index (χ4n) is 1.17. The Balaban J connectivity index is 2.62. The number of aliphatic carboxylic acids is 1. The zero-order chi connectivity index (χ0) is 9.14. The molecule has 1 aromatic heterocycles. The molecule has 0 amide bonds. The first-order valence-corrected chi connectivity index (χ1v) is 4.67. The van der Waals surface area contributed by atoms with E-state index in [9.17, 15) is 9.90 Å². The molecule has 1 rings (SSSR count). The normalized spacial score (nSPS) is 10.2. The number of hydrogen-bond donors (Lipinski definition) is 0. The second-order valence-electron chi connectivity index (χ2n) is 2.81. The summed E-state index contributed by atoms with van der Waals surface area (Å²) in [5.41, 5.74) is 1.14. The quantitative estimate of drug-likeness (QED) is 0.702. The highest BCUT2D eigenvalue weighted by Gasteiger charge is 2.01. The first-order chi connectivity index (χ1) is 5.59. The molecule has 0 aliphatic carbocycles. The van der Waals surface area contributed by atoms with E-state index in [1.165, 1.54) is 9.75 Å². The Morgan fingerprint density at radius 3 is 2.67 bits per heavy atom. The predicted molar refractivity (Wildman–Crippen MR) is 47.1 cm³/mol. The van der Waals surface area contributed by atoms with Gasteiger partial charge in [-0.2, -0.15) is 0 Å². The summed E-state index contributed by atoms with van der Waals surface area (Å²) in [6, 6.07) is 2.04. The van der Waals surface area contributed by atoms with Crippen molar-refractivity contribution in [3.8, 4) is 0 Å². The van der Waals surface area contributed by atoms with Crippen LogP contribution in [-0.4, -0.2) is 5.97 Å². The number of rotatable bonds is 3. The molecule has 1 heterocycles. The van der Waals surface area contributed by atoms with E-state index in [-0.39, 0.29) is 6.42 Å². The van der Waals surface area contributed by atoms with Crippen LogP contribution in [0.15, 0.2) is 6.07 Å². The van der Waals surface area contributed by atoms with Crippen molar-refractivity contribution in [2.75, 3.05) is 0 Å². The van der Waals surface area contributed by atoms with Crippen LogP contribution in [0.1, 0.15) is 21.7 Å². The zero-order valence-corrected chi connectivity index (χ0v) is 8.03. The van der Waals surface area contributed by atoms with Gasteiger partial charge in [0.05, 0.1) is 0 Å². The van der Waals surface area contributed by atoms with Crippen LogP contribution < -0.4 is 5.11 Å². The number of carbonyl (C=O) groups is 1. The fraction of sp³-hybridized carbons (Fsp3) is 0.444. The van der Waals surface area contributed by atoms with E-state index in [1.807, 2.05) is 19.9 Å². The van der Waals surface area contributed by atoms with Gasteiger partial charge in [-0.25, -0.2) is 0 Å². The van der Waals surface area contributed by atoms with Gasteiger partial charge in [0, 0.05) is 15.7 Å². The van der Waals surface area contributed by atoms with Gasteiger partial charge >= 0.3 is 0 Å². The van der Waals surface area contributed by atoms with Crippen LogP contribution in [0.2, 0.25) is 0 Å². The molecular formula is C9H11O2S-. The molecular weight excluding hydrogens is 172 g/mol. The third kappa shape index (κ3) is 2.34. The Morgan fingerprint density at radius 2 is 2.25 bits per heavy atom. The Labute approximate surface area is 75.9 Å². The standard InChI is InChI=1S/C9H12O2S/c1-6-5-8(7(2)12-6)3-4-9(10)11/h5H,3-4H2,1-2H3,(H,10,11)/p-1. The lowest BCUT2D eigenvalue weighted by Crippen LogP contribution is -2.22. The molecule has 0 unspecified atom stereocenters. The summed E-state index contributed by atoms with van der Waals surface area (Å²) in [6.45, 7) is 4.04. The smallest absolute Gasteiger partial charge is 0.0417 e. The number of thiophene rings is 1. The number of carboxylic acids is 1. The minimum atomic E-state index is -0.974. The van der Waals surface area contributed by atoms with Crippen molar-refractivity contribution < 1.29 is 9.90 Å². The maximum absolute atomic E-state index is 10.2. The second-order valence-corrected chi connectivity index (χ2v) is 4.27.